The summed E-state index contributed by atoms with van der Waals surface area (Å²) in [5.41, 5.74) is 1.47. The Kier molecular flexibility index (Phi) is 8.63. The summed E-state index contributed by atoms with van der Waals surface area (Å²) >= 11 is 0. The van der Waals surface area contributed by atoms with Crippen LogP contribution >= 0.6 is 0 Å². The van der Waals surface area contributed by atoms with Crippen LogP contribution in [0.5, 0.6) is 0 Å². The first-order valence-electron chi connectivity index (χ1n) is 9.88. The minimum absolute atomic E-state index is 0.123. The van der Waals surface area contributed by atoms with Crippen molar-refractivity contribution >= 4 is 33.3 Å². The second-order valence-corrected chi connectivity index (χ2v) is 9.46. The fourth-order valence-corrected chi connectivity index (χ4v) is 3.40. The summed E-state index contributed by atoms with van der Waals surface area (Å²) in [5, 5.41) is 4.95. The van der Waals surface area contributed by atoms with Gasteiger partial charge in [0.15, 0.2) is 6.61 Å². The molecule has 33 heavy (non-hydrogen) atoms. The van der Waals surface area contributed by atoms with E-state index in [1.807, 2.05) is 6.92 Å². The molecule has 2 aromatic rings. The summed E-state index contributed by atoms with van der Waals surface area (Å²) in [6.45, 7) is 4.62. The van der Waals surface area contributed by atoms with Crippen molar-refractivity contribution in [1.82, 2.24) is 5.32 Å². The van der Waals surface area contributed by atoms with Gasteiger partial charge in [-0.15, -0.1) is 0 Å². The lowest BCUT2D eigenvalue weighted by Gasteiger charge is -2.21. The zero-order valence-electron chi connectivity index (χ0n) is 18.2. The van der Waals surface area contributed by atoms with Crippen molar-refractivity contribution in [2.45, 2.75) is 37.5 Å². The first kappa shape index (κ1) is 25.9. The van der Waals surface area contributed by atoms with Gasteiger partial charge in [-0.25, -0.2) is 13.2 Å². The van der Waals surface area contributed by atoms with Crippen LogP contribution in [0.4, 0.5) is 14.5 Å². The van der Waals surface area contributed by atoms with E-state index < -0.39 is 50.9 Å². The van der Waals surface area contributed by atoms with E-state index in [0.29, 0.717) is 5.56 Å². The highest BCUT2D eigenvalue weighted by molar-refractivity contribution is 7.91. The fraction of sp³-hybridized carbons (Fsp3) is 0.318. The van der Waals surface area contributed by atoms with Gasteiger partial charge in [0.05, 0.1) is 4.90 Å². The Morgan fingerprint density at radius 1 is 0.970 bits per heavy atom. The molecular formula is C22H24F2N2O6S. The van der Waals surface area contributed by atoms with Crippen LogP contribution < -0.4 is 10.6 Å². The van der Waals surface area contributed by atoms with Gasteiger partial charge in [-0.1, -0.05) is 31.5 Å². The Labute approximate surface area is 190 Å². The number of ether oxygens (including phenoxy) is 1. The number of carbonyl (C=O) groups is 3. The van der Waals surface area contributed by atoms with E-state index in [0.717, 1.165) is 29.8 Å². The standard InChI is InChI=1S/C22H24F2N2O6S/c1-13(2)19(26-20(28)15-6-4-14(3)5-7-15)21(29)32-12-18(27)25-16-8-10-17(11-9-16)33(30,31)22(23)24/h4-11,13,19,22H,12H2,1-3H3,(H,25,27)(H,26,28)/t19-/m0/s1. The smallest absolute Gasteiger partial charge is 0.341 e. The van der Waals surface area contributed by atoms with Gasteiger partial charge in [-0.3, -0.25) is 9.59 Å². The Hall–Kier alpha value is -3.34. The second-order valence-electron chi connectivity index (χ2n) is 7.55. The number of hydrogen-bond donors (Lipinski definition) is 2. The molecule has 0 heterocycles. The maximum absolute atomic E-state index is 12.6. The molecule has 0 aliphatic rings. The predicted octanol–water partition coefficient (Wildman–Crippen LogP) is 2.93. The molecule has 0 radical (unpaired) electrons. The molecule has 0 saturated heterocycles. The maximum Gasteiger partial charge on any atom is 0.341 e. The lowest BCUT2D eigenvalue weighted by molar-refractivity contribution is -0.150. The van der Waals surface area contributed by atoms with E-state index in [-0.39, 0.29) is 11.6 Å². The molecule has 0 saturated carbocycles. The zero-order chi connectivity index (χ0) is 24.8. The van der Waals surface area contributed by atoms with Gasteiger partial charge in [0.25, 0.3) is 11.8 Å². The Balaban J connectivity index is 1.93. The van der Waals surface area contributed by atoms with Crippen LogP contribution in [-0.4, -0.2) is 44.6 Å². The van der Waals surface area contributed by atoms with E-state index in [1.54, 1.807) is 38.1 Å². The number of aryl methyl sites for hydroxylation is 1. The molecule has 1 atom stereocenters. The summed E-state index contributed by atoms with van der Waals surface area (Å²) in [7, 11) is -4.74. The molecule has 0 fully saturated rings. The van der Waals surface area contributed by atoms with E-state index in [1.165, 1.54) is 0 Å². The Morgan fingerprint density at radius 2 is 1.55 bits per heavy atom. The molecule has 11 heteroatoms. The topological polar surface area (TPSA) is 119 Å². The van der Waals surface area contributed by atoms with Crippen LogP contribution in [0.1, 0.15) is 29.8 Å². The number of hydrogen-bond acceptors (Lipinski definition) is 6. The predicted molar refractivity (Wildman–Crippen MR) is 116 cm³/mol. The van der Waals surface area contributed by atoms with Gasteiger partial charge < -0.3 is 15.4 Å². The first-order chi connectivity index (χ1) is 15.4. The van der Waals surface area contributed by atoms with Crippen LogP contribution in [-0.2, 0) is 24.2 Å². The van der Waals surface area contributed by atoms with E-state index in [4.69, 9.17) is 4.74 Å². The molecule has 2 amide bonds. The molecule has 0 aromatic heterocycles. The molecule has 0 unspecified atom stereocenters. The first-order valence-corrected chi connectivity index (χ1v) is 11.4. The van der Waals surface area contributed by atoms with Crippen molar-refractivity contribution in [3.05, 3.63) is 59.7 Å². The number of sulfone groups is 1. The molecule has 0 bridgehead atoms. The molecule has 0 aliphatic carbocycles. The van der Waals surface area contributed by atoms with Crippen molar-refractivity contribution in [3.63, 3.8) is 0 Å². The number of esters is 1. The number of alkyl halides is 2. The minimum Gasteiger partial charge on any atom is -0.454 e. The maximum atomic E-state index is 12.6. The third kappa shape index (κ3) is 7.07. The van der Waals surface area contributed by atoms with Crippen LogP contribution in [0.15, 0.2) is 53.4 Å². The summed E-state index contributed by atoms with van der Waals surface area (Å²) in [6.07, 6.45) is 0. The highest BCUT2D eigenvalue weighted by Crippen LogP contribution is 2.20. The number of benzene rings is 2. The quantitative estimate of drug-likeness (QED) is 0.531. The van der Waals surface area contributed by atoms with E-state index in [2.05, 4.69) is 10.6 Å². The molecule has 2 N–H and O–H groups in total. The summed E-state index contributed by atoms with van der Waals surface area (Å²) in [4.78, 5) is 36.3. The molecule has 2 rings (SSSR count). The van der Waals surface area contributed by atoms with Crippen LogP contribution in [0.3, 0.4) is 0 Å². The number of anilines is 1. The molecule has 2 aromatic carbocycles. The van der Waals surface area contributed by atoms with Gasteiger partial charge in [-0.2, -0.15) is 8.78 Å². The van der Waals surface area contributed by atoms with Crippen molar-refractivity contribution < 1.29 is 36.3 Å². The van der Waals surface area contributed by atoms with Gasteiger partial charge >= 0.3 is 11.7 Å². The van der Waals surface area contributed by atoms with Gasteiger partial charge in [0.1, 0.15) is 6.04 Å². The third-order valence-electron chi connectivity index (χ3n) is 4.57. The van der Waals surface area contributed by atoms with Crippen LogP contribution in [0.25, 0.3) is 0 Å². The zero-order valence-corrected chi connectivity index (χ0v) is 19.0. The number of halogens is 2. The summed E-state index contributed by atoms with van der Waals surface area (Å²) in [6, 6.07) is 9.90. The van der Waals surface area contributed by atoms with Crippen LogP contribution in [0.2, 0.25) is 0 Å². The molecule has 0 spiro atoms. The van der Waals surface area contributed by atoms with E-state index >= 15 is 0 Å². The Bertz CT molecular complexity index is 1100. The Morgan fingerprint density at radius 3 is 2.06 bits per heavy atom. The van der Waals surface area contributed by atoms with E-state index in [9.17, 15) is 31.6 Å². The average molecular weight is 483 g/mol. The highest BCUT2D eigenvalue weighted by Gasteiger charge is 2.27. The van der Waals surface area contributed by atoms with Crippen molar-refractivity contribution in [1.29, 1.82) is 0 Å². The van der Waals surface area contributed by atoms with Gasteiger partial charge in [0, 0.05) is 11.3 Å². The third-order valence-corrected chi connectivity index (χ3v) is 5.97. The largest absolute Gasteiger partial charge is 0.454 e. The van der Waals surface area contributed by atoms with Crippen LogP contribution in [0, 0.1) is 12.8 Å². The normalized spacial score (nSPS) is 12.3. The minimum atomic E-state index is -4.74. The molecule has 8 nitrogen and oxygen atoms in total. The van der Waals surface area contributed by atoms with Crippen molar-refractivity contribution in [2.24, 2.45) is 5.92 Å². The average Bonchev–Trinajstić information content (AvgIpc) is 2.76. The number of carbonyl (C=O) groups excluding carboxylic acids is 3. The second kappa shape index (κ2) is 11.0. The number of amides is 2. The van der Waals surface area contributed by atoms with Gasteiger partial charge in [0.2, 0.25) is 9.84 Å². The van der Waals surface area contributed by atoms with Crippen molar-refractivity contribution in [3.8, 4) is 0 Å². The summed E-state index contributed by atoms with van der Waals surface area (Å²) < 4.78 is 53.0. The number of nitrogens with one attached hydrogen (secondary N) is 2. The highest BCUT2D eigenvalue weighted by atomic mass is 32.2. The lowest BCUT2D eigenvalue weighted by Crippen LogP contribution is -2.45. The monoisotopic (exact) mass is 482 g/mol. The molecular weight excluding hydrogens is 458 g/mol. The fourth-order valence-electron chi connectivity index (χ4n) is 2.68. The van der Waals surface area contributed by atoms with Gasteiger partial charge in [-0.05, 0) is 49.2 Å². The SMILES string of the molecule is Cc1ccc(C(=O)N[C@H](C(=O)OCC(=O)Nc2ccc(S(=O)(=O)C(F)F)cc2)C(C)C)cc1. The molecule has 178 valence electrons. The summed E-state index contributed by atoms with van der Waals surface area (Å²) in [5.74, 6) is -5.88. The number of rotatable bonds is 9. The lowest BCUT2D eigenvalue weighted by atomic mass is 10.0. The van der Waals surface area contributed by atoms with Crippen molar-refractivity contribution in [2.75, 3.05) is 11.9 Å². The molecule has 0 aliphatic heterocycles.